The van der Waals surface area contributed by atoms with Gasteiger partial charge in [0.2, 0.25) is 0 Å². The molecule has 0 aliphatic carbocycles. The summed E-state index contributed by atoms with van der Waals surface area (Å²) in [5.74, 6) is 0.0603. The highest BCUT2D eigenvalue weighted by Crippen LogP contribution is 2.33. The zero-order valence-electron chi connectivity index (χ0n) is 9.30. The number of hydrogen-bond donors (Lipinski definition) is 2. The molecule has 0 aromatic heterocycles. The molecule has 0 fully saturated rings. The molecular weight excluding hydrogens is 265 g/mol. The van der Waals surface area contributed by atoms with Gasteiger partial charge in [-0.3, -0.25) is 4.79 Å². The van der Waals surface area contributed by atoms with E-state index in [0.717, 1.165) is 0 Å². The Morgan fingerprint density at radius 2 is 2.00 bits per heavy atom. The summed E-state index contributed by atoms with van der Waals surface area (Å²) in [5, 5.41) is 11.8. The number of aliphatic hydroxyl groups excluding tert-OH is 1. The van der Waals surface area contributed by atoms with Gasteiger partial charge in [0, 0.05) is 18.7 Å². The Kier molecular flexibility index (Phi) is 5.55. The van der Waals surface area contributed by atoms with Crippen LogP contribution in [-0.2, 0) is 0 Å². The highest BCUT2D eigenvalue weighted by atomic mass is 35.5. The number of halogens is 2. The van der Waals surface area contributed by atoms with Crippen molar-refractivity contribution in [3.05, 3.63) is 27.7 Å². The molecule has 1 rings (SSSR count). The summed E-state index contributed by atoms with van der Waals surface area (Å²) in [6, 6.07) is 2.97. The monoisotopic (exact) mass is 277 g/mol. The molecule has 94 valence electrons. The van der Waals surface area contributed by atoms with Gasteiger partial charge in [-0.05, 0) is 18.6 Å². The van der Waals surface area contributed by atoms with Crippen LogP contribution in [0.1, 0.15) is 16.8 Å². The molecule has 0 heterocycles. The number of carbonyl (C=O) groups excluding carboxylic acids is 1. The van der Waals surface area contributed by atoms with Gasteiger partial charge in [0.1, 0.15) is 0 Å². The van der Waals surface area contributed by atoms with Crippen LogP contribution in [0, 0.1) is 0 Å². The zero-order valence-corrected chi connectivity index (χ0v) is 10.8. The van der Waals surface area contributed by atoms with Crippen molar-refractivity contribution >= 4 is 29.1 Å². The first-order valence-corrected chi connectivity index (χ1v) is 5.77. The first-order valence-electron chi connectivity index (χ1n) is 5.02. The SMILES string of the molecule is COc1c(Cl)cc(C(=O)NCCCO)cc1Cl. The van der Waals surface area contributed by atoms with Gasteiger partial charge < -0.3 is 15.2 Å². The number of nitrogens with one attached hydrogen (secondary N) is 1. The molecule has 0 atom stereocenters. The molecule has 0 radical (unpaired) electrons. The largest absolute Gasteiger partial charge is 0.494 e. The highest BCUT2D eigenvalue weighted by molar-refractivity contribution is 6.37. The van der Waals surface area contributed by atoms with Crippen molar-refractivity contribution in [2.24, 2.45) is 0 Å². The number of methoxy groups -OCH3 is 1. The van der Waals surface area contributed by atoms with Crippen LogP contribution >= 0.6 is 23.2 Å². The average Bonchev–Trinajstić information content (AvgIpc) is 2.28. The van der Waals surface area contributed by atoms with Crippen LogP contribution < -0.4 is 10.1 Å². The van der Waals surface area contributed by atoms with Crippen molar-refractivity contribution in [2.75, 3.05) is 20.3 Å². The van der Waals surface area contributed by atoms with Gasteiger partial charge in [0.05, 0.1) is 17.2 Å². The Morgan fingerprint density at radius 1 is 1.41 bits per heavy atom. The van der Waals surface area contributed by atoms with Crippen molar-refractivity contribution < 1.29 is 14.6 Å². The topological polar surface area (TPSA) is 58.6 Å². The standard InChI is InChI=1S/C11H13Cl2NO3/c1-17-10-8(12)5-7(6-9(10)13)11(16)14-3-2-4-15/h5-6,15H,2-4H2,1H3,(H,14,16). The van der Waals surface area contributed by atoms with Crippen LogP contribution in [0.3, 0.4) is 0 Å². The number of hydrogen-bond acceptors (Lipinski definition) is 3. The minimum absolute atomic E-state index is 0.0321. The summed E-state index contributed by atoms with van der Waals surface area (Å²) in [5.41, 5.74) is 0.360. The van der Waals surface area contributed by atoms with E-state index in [1.807, 2.05) is 0 Å². The molecule has 0 unspecified atom stereocenters. The molecule has 4 nitrogen and oxygen atoms in total. The third-order valence-corrected chi connectivity index (χ3v) is 2.65. The van der Waals surface area contributed by atoms with Crippen LogP contribution in [-0.4, -0.2) is 31.3 Å². The normalized spacial score (nSPS) is 10.1. The first-order chi connectivity index (χ1) is 8.10. The second-order valence-corrected chi connectivity index (χ2v) is 4.12. The lowest BCUT2D eigenvalue weighted by Gasteiger charge is -2.09. The third kappa shape index (κ3) is 3.77. The minimum atomic E-state index is -0.287. The van der Waals surface area contributed by atoms with E-state index in [1.54, 1.807) is 0 Å². The average molecular weight is 278 g/mol. The van der Waals surface area contributed by atoms with E-state index in [0.29, 0.717) is 24.3 Å². The van der Waals surface area contributed by atoms with Gasteiger partial charge >= 0.3 is 0 Å². The van der Waals surface area contributed by atoms with Gasteiger partial charge in [-0.2, -0.15) is 0 Å². The summed E-state index contributed by atoms with van der Waals surface area (Å²) in [7, 11) is 1.45. The molecule has 0 saturated carbocycles. The van der Waals surface area contributed by atoms with Crippen LogP contribution in [0.4, 0.5) is 0 Å². The molecule has 0 aliphatic rings. The lowest BCUT2D eigenvalue weighted by molar-refractivity contribution is 0.0951. The maximum Gasteiger partial charge on any atom is 0.251 e. The molecule has 6 heteroatoms. The number of amides is 1. The Bertz CT molecular complexity index is 387. The lowest BCUT2D eigenvalue weighted by Crippen LogP contribution is -2.25. The van der Waals surface area contributed by atoms with Crippen LogP contribution in [0.5, 0.6) is 5.75 Å². The van der Waals surface area contributed by atoms with E-state index >= 15 is 0 Å². The van der Waals surface area contributed by atoms with Gasteiger partial charge in [0.25, 0.3) is 5.91 Å². The number of aliphatic hydroxyl groups is 1. The predicted octanol–water partition coefficient (Wildman–Crippen LogP) is 2.11. The Hall–Kier alpha value is -0.970. The van der Waals surface area contributed by atoms with Crippen molar-refractivity contribution in [3.63, 3.8) is 0 Å². The molecule has 17 heavy (non-hydrogen) atoms. The second-order valence-electron chi connectivity index (χ2n) is 3.31. The van der Waals surface area contributed by atoms with Crippen molar-refractivity contribution in [1.29, 1.82) is 0 Å². The molecule has 0 spiro atoms. The summed E-state index contributed by atoms with van der Waals surface area (Å²) < 4.78 is 4.98. The quantitative estimate of drug-likeness (QED) is 0.811. The van der Waals surface area contributed by atoms with Crippen LogP contribution in [0.2, 0.25) is 10.0 Å². The van der Waals surface area contributed by atoms with Gasteiger partial charge in [-0.15, -0.1) is 0 Å². The number of ether oxygens (including phenoxy) is 1. The fraction of sp³-hybridized carbons (Fsp3) is 0.364. The Morgan fingerprint density at radius 3 is 2.47 bits per heavy atom. The van der Waals surface area contributed by atoms with Crippen LogP contribution in [0.15, 0.2) is 12.1 Å². The summed E-state index contributed by atoms with van der Waals surface area (Å²) >= 11 is 11.8. The van der Waals surface area contributed by atoms with Crippen molar-refractivity contribution in [2.45, 2.75) is 6.42 Å². The molecule has 0 bridgehead atoms. The Balaban J connectivity index is 2.81. The maximum atomic E-state index is 11.7. The van der Waals surface area contributed by atoms with E-state index in [9.17, 15) is 4.79 Å². The van der Waals surface area contributed by atoms with Gasteiger partial charge in [-0.25, -0.2) is 0 Å². The summed E-state index contributed by atoms with van der Waals surface area (Å²) in [6.07, 6.45) is 0.503. The van der Waals surface area contributed by atoms with E-state index < -0.39 is 0 Å². The third-order valence-electron chi connectivity index (χ3n) is 2.09. The molecule has 1 aromatic carbocycles. The molecule has 1 aromatic rings. The molecule has 2 N–H and O–H groups in total. The fourth-order valence-corrected chi connectivity index (χ4v) is 1.91. The molecule has 1 amide bonds. The van der Waals surface area contributed by atoms with Gasteiger partial charge in [-0.1, -0.05) is 23.2 Å². The number of rotatable bonds is 5. The zero-order chi connectivity index (χ0) is 12.8. The second kappa shape index (κ2) is 6.69. The van der Waals surface area contributed by atoms with Crippen molar-refractivity contribution in [3.8, 4) is 5.75 Å². The van der Waals surface area contributed by atoms with E-state index in [2.05, 4.69) is 5.32 Å². The minimum Gasteiger partial charge on any atom is -0.494 e. The van der Waals surface area contributed by atoms with Crippen LogP contribution in [0.25, 0.3) is 0 Å². The van der Waals surface area contributed by atoms with E-state index in [-0.39, 0.29) is 22.6 Å². The van der Waals surface area contributed by atoms with Gasteiger partial charge in [0.15, 0.2) is 5.75 Å². The Labute approximate surface area is 109 Å². The van der Waals surface area contributed by atoms with Crippen molar-refractivity contribution in [1.82, 2.24) is 5.32 Å². The smallest absolute Gasteiger partial charge is 0.251 e. The lowest BCUT2D eigenvalue weighted by atomic mass is 10.2. The first kappa shape index (κ1) is 14.1. The summed E-state index contributed by atoms with van der Waals surface area (Å²) in [6.45, 7) is 0.432. The molecule has 0 aliphatic heterocycles. The maximum absolute atomic E-state index is 11.7. The highest BCUT2D eigenvalue weighted by Gasteiger charge is 2.12. The molecular formula is C11H13Cl2NO3. The number of carbonyl (C=O) groups is 1. The molecule has 0 saturated heterocycles. The van der Waals surface area contributed by atoms with E-state index in [4.69, 9.17) is 33.0 Å². The summed E-state index contributed by atoms with van der Waals surface area (Å²) in [4.78, 5) is 11.7. The predicted molar refractivity (Wildman–Crippen MR) is 67.1 cm³/mol. The number of benzene rings is 1. The fourth-order valence-electron chi connectivity index (χ4n) is 1.27. The van der Waals surface area contributed by atoms with E-state index in [1.165, 1.54) is 19.2 Å².